The molecule has 0 aliphatic carbocycles. The van der Waals surface area contributed by atoms with Crippen LogP contribution in [-0.2, 0) is 11.2 Å². The molecule has 1 heterocycles. The molecular weight excluding hydrogens is 287 g/mol. The summed E-state index contributed by atoms with van der Waals surface area (Å²) in [6, 6.07) is 3.00. The predicted molar refractivity (Wildman–Crippen MR) is 67.9 cm³/mol. The Balaban J connectivity index is 2.03. The van der Waals surface area contributed by atoms with E-state index in [-0.39, 0.29) is 11.9 Å². The van der Waals surface area contributed by atoms with Gasteiger partial charge in [0, 0.05) is 13.0 Å². The number of ether oxygens (including phenoxy) is 2. The molecule has 0 radical (unpaired) electrons. The molecule has 1 aromatic rings. The Morgan fingerprint density at radius 3 is 3.12 bits per heavy atom. The molecule has 0 unspecified atom stereocenters. The first-order valence-electron chi connectivity index (χ1n) is 5.93. The molecule has 0 saturated heterocycles. The second-order valence-electron chi connectivity index (χ2n) is 4.14. The Labute approximate surface area is 109 Å². The molecule has 0 amide bonds. The fourth-order valence-electron chi connectivity index (χ4n) is 2.04. The van der Waals surface area contributed by atoms with Gasteiger partial charge < -0.3 is 9.47 Å². The maximum absolute atomic E-state index is 13.2. The summed E-state index contributed by atoms with van der Waals surface area (Å²) in [6.07, 6.45) is 2.85. The maximum Gasteiger partial charge on any atom is 0.137 e. The lowest BCUT2D eigenvalue weighted by Crippen LogP contribution is -2.24. The molecule has 0 fully saturated rings. The minimum Gasteiger partial charge on any atom is -0.489 e. The minimum atomic E-state index is -0.216. The zero-order chi connectivity index (χ0) is 12.3. The van der Waals surface area contributed by atoms with Gasteiger partial charge in [-0.05, 0) is 53.4 Å². The van der Waals surface area contributed by atoms with Crippen molar-refractivity contribution in [2.24, 2.45) is 0 Å². The van der Waals surface area contributed by atoms with E-state index in [0.29, 0.717) is 4.47 Å². The molecule has 17 heavy (non-hydrogen) atoms. The van der Waals surface area contributed by atoms with Crippen molar-refractivity contribution in [1.82, 2.24) is 0 Å². The highest BCUT2D eigenvalue weighted by molar-refractivity contribution is 9.10. The number of fused-ring (bicyclic) bond motifs is 1. The quantitative estimate of drug-likeness (QED) is 0.790. The van der Waals surface area contributed by atoms with Crippen LogP contribution in [0.4, 0.5) is 4.39 Å². The molecule has 1 aliphatic rings. The standard InChI is InChI=1S/C13H16BrFO2/c1-2-16-6-5-11-4-3-9-7-10(15)8-12(14)13(9)17-11/h7-8,11H,2-6H2,1H3/t11-/m1/s1. The fraction of sp³-hybridized carbons (Fsp3) is 0.538. The predicted octanol–water partition coefficient (Wildman–Crippen LogP) is 3.71. The van der Waals surface area contributed by atoms with Gasteiger partial charge in [0.1, 0.15) is 17.7 Å². The summed E-state index contributed by atoms with van der Waals surface area (Å²) < 4.78 is 25.1. The van der Waals surface area contributed by atoms with Crippen LogP contribution in [0.3, 0.4) is 0 Å². The third kappa shape index (κ3) is 3.19. The average Bonchev–Trinajstić information content (AvgIpc) is 2.30. The summed E-state index contributed by atoms with van der Waals surface area (Å²) in [6.45, 7) is 3.43. The van der Waals surface area contributed by atoms with E-state index in [9.17, 15) is 4.39 Å². The van der Waals surface area contributed by atoms with E-state index in [1.54, 1.807) is 6.07 Å². The number of hydrogen-bond donors (Lipinski definition) is 0. The first kappa shape index (κ1) is 12.8. The third-order valence-electron chi connectivity index (χ3n) is 2.89. The van der Waals surface area contributed by atoms with Crippen LogP contribution in [-0.4, -0.2) is 19.3 Å². The van der Waals surface area contributed by atoms with Gasteiger partial charge in [0.05, 0.1) is 11.1 Å². The lowest BCUT2D eigenvalue weighted by Gasteiger charge is -2.27. The molecule has 1 aromatic carbocycles. The van der Waals surface area contributed by atoms with Gasteiger partial charge in [0.25, 0.3) is 0 Å². The van der Waals surface area contributed by atoms with E-state index < -0.39 is 0 Å². The SMILES string of the molecule is CCOCC[C@H]1CCc2cc(F)cc(Br)c2O1. The van der Waals surface area contributed by atoms with Gasteiger partial charge in [-0.15, -0.1) is 0 Å². The van der Waals surface area contributed by atoms with Gasteiger partial charge in [-0.3, -0.25) is 0 Å². The van der Waals surface area contributed by atoms with Crippen LogP contribution in [0.15, 0.2) is 16.6 Å². The number of halogens is 2. The topological polar surface area (TPSA) is 18.5 Å². The second-order valence-corrected chi connectivity index (χ2v) is 4.99. The number of hydrogen-bond acceptors (Lipinski definition) is 2. The molecule has 1 aliphatic heterocycles. The molecule has 4 heteroatoms. The summed E-state index contributed by atoms with van der Waals surface area (Å²) in [4.78, 5) is 0. The van der Waals surface area contributed by atoms with Crippen molar-refractivity contribution in [2.45, 2.75) is 32.3 Å². The van der Waals surface area contributed by atoms with Crippen LogP contribution in [0.1, 0.15) is 25.3 Å². The second kappa shape index (κ2) is 5.83. The van der Waals surface area contributed by atoms with Gasteiger partial charge in [0.15, 0.2) is 0 Å². The zero-order valence-corrected chi connectivity index (χ0v) is 11.4. The summed E-state index contributed by atoms with van der Waals surface area (Å²) in [5.41, 5.74) is 0.949. The first-order valence-corrected chi connectivity index (χ1v) is 6.72. The summed E-state index contributed by atoms with van der Waals surface area (Å²) in [7, 11) is 0. The number of rotatable bonds is 4. The highest BCUT2D eigenvalue weighted by Gasteiger charge is 2.22. The fourth-order valence-corrected chi connectivity index (χ4v) is 2.60. The van der Waals surface area contributed by atoms with Crippen molar-refractivity contribution >= 4 is 15.9 Å². The van der Waals surface area contributed by atoms with Gasteiger partial charge in [-0.2, -0.15) is 0 Å². The molecular formula is C13H16BrFO2. The van der Waals surface area contributed by atoms with Crippen LogP contribution < -0.4 is 4.74 Å². The van der Waals surface area contributed by atoms with Crippen molar-refractivity contribution in [1.29, 1.82) is 0 Å². The lowest BCUT2D eigenvalue weighted by molar-refractivity contribution is 0.0895. The average molecular weight is 303 g/mol. The van der Waals surface area contributed by atoms with E-state index in [2.05, 4.69) is 15.9 Å². The van der Waals surface area contributed by atoms with E-state index in [4.69, 9.17) is 9.47 Å². The molecule has 0 aromatic heterocycles. The van der Waals surface area contributed by atoms with Crippen LogP contribution in [0.5, 0.6) is 5.75 Å². The monoisotopic (exact) mass is 302 g/mol. The zero-order valence-electron chi connectivity index (χ0n) is 9.84. The smallest absolute Gasteiger partial charge is 0.137 e. The Hall–Kier alpha value is -0.610. The van der Waals surface area contributed by atoms with Gasteiger partial charge in [0.2, 0.25) is 0 Å². The van der Waals surface area contributed by atoms with Crippen molar-refractivity contribution in [3.8, 4) is 5.75 Å². The molecule has 2 rings (SSSR count). The van der Waals surface area contributed by atoms with Crippen molar-refractivity contribution in [3.63, 3.8) is 0 Å². The molecule has 0 spiro atoms. The van der Waals surface area contributed by atoms with E-state index >= 15 is 0 Å². The van der Waals surface area contributed by atoms with Gasteiger partial charge >= 0.3 is 0 Å². The summed E-state index contributed by atoms with van der Waals surface area (Å²) in [5.74, 6) is 0.575. The van der Waals surface area contributed by atoms with E-state index in [0.717, 1.165) is 43.8 Å². The first-order chi connectivity index (χ1) is 8.20. The molecule has 94 valence electrons. The van der Waals surface area contributed by atoms with E-state index in [1.165, 1.54) is 6.07 Å². The molecule has 0 bridgehead atoms. The normalized spacial score (nSPS) is 18.6. The van der Waals surface area contributed by atoms with Crippen molar-refractivity contribution in [3.05, 3.63) is 28.0 Å². The molecule has 2 nitrogen and oxygen atoms in total. The summed E-state index contributed by atoms with van der Waals surface area (Å²) in [5, 5.41) is 0. The number of benzene rings is 1. The highest BCUT2D eigenvalue weighted by atomic mass is 79.9. The van der Waals surface area contributed by atoms with Crippen LogP contribution in [0.2, 0.25) is 0 Å². The van der Waals surface area contributed by atoms with E-state index in [1.807, 2.05) is 6.92 Å². The van der Waals surface area contributed by atoms with Crippen LogP contribution in [0.25, 0.3) is 0 Å². The third-order valence-corrected chi connectivity index (χ3v) is 3.48. The minimum absolute atomic E-state index is 0.177. The molecule has 1 atom stereocenters. The molecule has 0 saturated carbocycles. The van der Waals surface area contributed by atoms with Crippen LogP contribution in [0, 0.1) is 5.82 Å². The number of aryl methyl sites for hydroxylation is 1. The van der Waals surface area contributed by atoms with Crippen LogP contribution >= 0.6 is 15.9 Å². The Morgan fingerprint density at radius 2 is 2.35 bits per heavy atom. The van der Waals surface area contributed by atoms with Crippen molar-refractivity contribution in [2.75, 3.05) is 13.2 Å². The largest absolute Gasteiger partial charge is 0.489 e. The Kier molecular flexibility index (Phi) is 4.40. The van der Waals surface area contributed by atoms with Crippen molar-refractivity contribution < 1.29 is 13.9 Å². The van der Waals surface area contributed by atoms with Gasteiger partial charge in [-0.25, -0.2) is 4.39 Å². The Morgan fingerprint density at radius 1 is 1.53 bits per heavy atom. The highest BCUT2D eigenvalue weighted by Crippen LogP contribution is 2.36. The maximum atomic E-state index is 13.2. The summed E-state index contributed by atoms with van der Waals surface area (Å²) >= 11 is 3.35. The van der Waals surface area contributed by atoms with Gasteiger partial charge in [-0.1, -0.05) is 0 Å². The molecule has 0 N–H and O–H groups in total. The Bertz CT molecular complexity index is 395. The lowest BCUT2D eigenvalue weighted by atomic mass is 10.0.